The van der Waals surface area contributed by atoms with Gasteiger partial charge in [0.05, 0.1) is 40.7 Å². The van der Waals surface area contributed by atoms with Gasteiger partial charge in [0.15, 0.2) is 0 Å². The van der Waals surface area contributed by atoms with Crippen molar-refractivity contribution in [1.29, 1.82) is 0 Å². The zero-order valence-corrected chi connectivity index (χ0v) is 23.1. The average Bonchev–Trinajstić information content (AvgIpc) is 3.55. The quantitative estimate of drug-likeness (QED) is 0.164. The summed E-state index contributed by atoms with van der Waals surface area (Å²) in [4.78, 5) is 22.0. The van der Waals surface area contributed by atoms with Gasteiger partial charge in [-0.25, -0.2) is 14.1 Å². The number of nitrogens with one attached hydrogen (secondary N) is 1. The molecule has 0 unspecified atom stereocenters. The van der Waals surface area contributed by atoms with E-state index in [9.17, 15) is 9.18 Å². The summed E-state index contributed by atoms with van der Waals surface area (Å²) in [5.74, 6) is -0.902. The monoisotopic (exact) mass is 563 g/mol. The van der Waals surface area contributed by atoms with Gasteiger partial charge in [0.25, 0.3) is 5.91 Å². The molecule has 0 aliphatic heterocycles. The van der Waals surface area contributed by atoms with Gasteiger partial charge in [-0.05, 0) is 53.1 Å². The number of aromatic nitrogens is 4. The van der Waals surface area contributed by atoms with Crippen LogP contribution in [0.1, 0.15) is 38.7 Å². The SMILES string of the molecule is O=C(NCc1ncccc1F)c1cnn(-c2cc(C(c3ccccc3)c3ccccc3)c3cc4ccccc4nc3c2)c1. The van der Waals surface area contributed by atoms with E-state index in [2.05, 4.69) is 82.1 Å². The molecule has 208 valence electrons. The van der Waals surface area contributed by atoms with Crippen molar-refractivity contribution in [2.75, 3.05) is 0 Å². The first-order valence-electron chi connectivity index (χ1n) is 14.0. The van der Waals surface area contributed by atoms with Gasteiger partial charge in [0.2, 0.25) is 0 Å². The minimum absolute atomic E-state index is 0.0242. The van der Waals surface area contributed by atoms with E-state index in [0.717, 1.165) is 44.2 Å². The molecule has 0 spiro atoms. The molecule has 0 aliphatic carbocycles. The largest absolute Gasteiger partial charge is 0.346 e. The van der Waals surface area contributed by atoms with E-state index in [4.69, 9.17) is 4.98 Å². The summed E-state index contributed by atoms with van der Waals surface area (Å²) in [6, 6.07) is 38.1. The first kappa shape index (κ1) is 26.2. The second kappa shape index (κ2) is 11.3. The molecule has 7 heteroatoms. The van der Waals surface area contributed by atoms with Crippen LogP contribution in [-0.2, 0) is 6.54 Å². The summed E-state index contributed by atoms with van der Waals surface area (Å²) in [6.45, 7) is -0.0242. The summed E-state index contributed by atoms with van der Waals surface area (Å²) in [7, 11) is 0. The Balaban J connectivity index is 1.34. The zero-order chi connectivity index (χ0) is 29.2. The van der Waals surface area contributed by atoms with Crippen molar-refractivity contribution in [1.82, 2.24) is 25.1 Å². The molecule has 0 saturated heterocycles. The standard InChI is InChI=1S/C36H26FN5O/c37-31-15-9-17-38-34(31)22-39-36(43)27-21-40-42(23-27)28-19-30(29-18-26-14-7-8-16-32(26)41-33(29)20-28)35(24-10-3-1-4-11-24)25-12-5-2-6-13-25/h1-21,23,35H,22H2,(H,39,43). The third-order valence-corrected chi connectivity index (χ3v) is 7.59. The van der Waals surface area contributed by atoms with Crippen LogP contribution in [0, 0.1) is 5.82 Å². The summed E-state index contributed by atoms with van der Waals surface area (Å²) in [5, 5.41) is 9.38. The lowest BCUT2D eigenvalue weighted by Crippen LogP contribution is -2.23. The molecule has 3 heterocycles. The van der Waals surface area contributed by atoms with E-state index in [1.165, 1.54) is 24.5 Å². The van der Waals surface area contributed by atoms with Gasteiger partial charge in [-0.1, -0.05) is 78.9 Å². The van der Waals surface area contributed by atoms with E-state index >= 15 is 0 Å². The number of hydrogen-bond donors (Lipinski definition) is 1. The highest BCUT2D eigenvalue weighted by Crippen LogP contribution is 2.38. The van der Waals surface area contributed by atoms with Crippen LogP contribution < -0.4 is 5.32 Å². The van der Waals surface area contributed by atoms with Crippen LogP contribution in [-0.4, -0.2) is 25.7 Å². The van der Waals surface area contributed by atoms with Crippen LogP contribution in [0.15, 0.2) is 134 Å². The van der Waals surface area contributed by atoms with Gasteiger partial charge < -0.3 is 5.32 Å². The highest BCUT2D eigenvalue weighted by molar-refractivity contribution is 5.96. The lowest BCUT2D eigenvalue weighted by molar-refractivity contribution is 0.0950. The lowest BCUT2D eigenvalue weighted by atomic mass is 9.83. The second-order valence-corrected chi connectivity index (χ2v) is 10.3. The van der Waals surface area contributed by atoms with E-state index in [0.29, 0.717) is 5.56 Å². The van der Waals surface area contributed by atoms with Crippen LogP contribution in [0.5, 0.6) is 0 Å². The van der Waals surface area contributed by atoms with Gasteiger partial charge >= 0.3 is 0 Å². The van der Waals surface area contributed by atoms with Gasteiger partial charge in [-0.15, -0.1) is 0 Å². The van der Waals surface area contributed by atoms with E-state index in [1.54, 1.807) is 10.9 Å². The average molecular weight is 564 g/mol. The van der Waals surface area contributed by atoms with Crippen molar-refractivity contribution in [2.45, 2.75) is 12.5 Å². The van der Waals surface area contributed by atoms with Gasteiger partial charge in [0.1, 0.15) is 5.82 Å². The number of amides is 1. The molecule has 4 aromatic carbocycles. The molecule has 7 aromatic rings. The molecule has 0 saturated carbocycles. The highest BCUT2D eigenvalue weighted by atomic mass is 19.1. The Labute approximate surface area is 247 Å². The van der Waals surface area contributed by atoms with Crippen LogP contribution in [0.4, 0.5) is 4.39 Å². The summed E-state index contributed by atoms with van der Waals surface area (Å²) >= 11 is 0. The normalized spacial score (nSPS) is 11.3. The molecule has 43 heavy (non-hydrogen) atoms. The third-order valence-electron chi connectivity index (χ3n) is 7.59. The number of fused-ring (bicyclic) bond motifs is 2. The Kier molecular flexibility index (Phi) is 6.89. The van der Waals surface area contributed by atoms with Crippen LogP contribution >= 0.6 is 0 Å². The molecule has 0 fully saturated rings. The number of carbonyl (C=O) groups excluding carboxylic acids is 1. The molecular formula is C36H26FN5O. The van der Waals surface area contributed by atoms with Crippen LogP contribution in [0.25, 0.3) is 27.5 Å². The Morgan fingerprint density at radius 3 is 2.28 bits per heavy atom. The number of para-hydroxylation sites is 1. The van der Waals surface area contributed by atoms with Gasteiger partial charge in [0, 0.05) is 29.1 Å². The number of benzene rings is 4. The fourth-order valence-electron chi connectivity index (χ4n) is 5.50. The number of hydrogen-bond acceptors (Lipinski definition) is 4. The van der Waals surface area contributed by atoms with Crippen molar-refractivity contribution in [3.63, 3.8) is 0 Å². The Bertz CT molecular complexity index is 2040. The fourth-order valence-corrected chi connectivity index (χ4v) is 5.50. The number of nitrogens with zero attached hydrogens (tertiary/aromatic N) is 4. The number of rotatable bonds is 7. The highest BCUT2D eigenvalue weighted by Gasteiger charge is 2.22. The molecule has 0 radical (unpaired) electrons. The van der Waals surface area contributed by atoms with Gasteiger partial charge in [-0.3, -0.25) is 9.78 Å². The summed E-state index contributed by atoms with van der Waals surface area (Å²) in [5.41, 5.74) is 6.42. The van der Waals surface area contributed by atoms with Crippen LogP contribution in [0.3, 0.4) is 0 Å². The minimum atomic E-state index is -0.464. The number of pyridine rings is 2. The predicted octanol–water partition coefficient (Wildman–Crippen LogP) is 7.22. The van der Waals surface area contributed by atoms with Crippen molar-refractivity contribution >= 4 is 27.7 Å². The molecule has 6 nitrogen and oxygen atoms in total. The topological polar surface area (TPSA) is 72.7 Å². The maximum atomic E-state index is 14.0. The Morgan fingerprint density at radius 1 is 0.814 bits per heavy atom. The first-order valence-corrected chi connectivity index (χ1v) is 14.0. The predicted molar refractivity (Wildman–Crippen MR) is 166 cm³/mol. The van der Waals surface area contributed by atoms with E-state index < -0.39 is 5.82 Å². The molecular weight excluding hydrogens is 537 g/mol. The molecule has 1 amide bonds. The first-order chi connectivity index (χ1) is 21.1. The summed E-state index contributed by atoms with van der Waals surface area (Å²) in [6.07, 6.45) is 4.68. The maximum absolute atomic E-state index is 14.0. The molecule has 7 rings (SSSR count). The fraction of sp³-hybridized carbons (Fsp3) is 0.0556. The third kappa shape index (κ3) is 5.24. The summed E-state index contributed by atoms with van der Waals surface area (Å²) < 4.78 is 15.7. The van der Waals surface area contributed by atoms with Crippen molar-refractivity contribution in [2.24, 2.45) is 0 Å². The molecule has 0 atom stereocenters. The lowest BCUT2D eigenvalue weighted by Gasteiger charge is -2.22. The molecule has 0 bridgehead atoms. The second-order valence-electron chi connectivity index (χ2n) is 10.3. The number of carbonyl (C=O) groups is 1. The number of halogens is 1. The zero-order valence-electron chi connectivity index (χ0n) is 23.1. The molecule has 1 N–H and O–H groups in total. The van der Waals surface area contributed by atoms with Crippen molar-refractivity contribution in [3.05, 3.63) is 168 Å². The van der Waals surface area contributed by atoms with E-state index in [1.807, 2.05) is 36.4 Å². The van der Waals surface area contributed by atoms with E-state index in [-0.39, 0.29) is 24.1 Å². The Hall–Kier alpha value is -5.69. The maximum Gasteiger partial charge on any atom is 0.254 e. The van der Waals surface area contributed by atoms with Gasteiger partial charge in [-0.2, -0.15) is 5.10 Å². The smallest absolute Gasteiger partial charge is 0.254 e. The van der Waals surface area contributed by atoms with Crippen molar-refractivity contribution < 1.29 is 9.18 Å². The minimum Gasteiger partial charge on any atom is -0.346 e. The van der Waals surface area contributed by atoms with Crippen molar-refractivity contribution in [3.8, 4) is 5.69 Å². The Morgan fingerprint density at radius 2 is 1.53 bits per heavy atom. The molecule has 3 aromatic heterocycles. The van der Waals surface area contributed by atoms with Crippen LogP contribution in [0.2, 0.25) is 0 Å². The molecule has 0 aliphatic rings.